The van der Waals surface area contributed by atoms with Gasteiger partial charge in [-0.3, -0.25) is 19.6 Å². The molecule has 128 valence electrons. The third-order valence-electron chi connectivity index (χ3n) is 1.72. The molecule has 0 saturated heterocycles. The fourth-order valence-corrected chi connectivity index (χ4v) is 1.87. The fraction of sp³-hybridized carbons (Fsp3) is 0.455. The van der Waals surface area contributed by atoms with E-state index in [0.29, 0.717) is 15.9 Å². The van der Waals surface area contributed by atoms with Gasteiger partial charge in [0.1, 0.15) is 28.2 Å². The van der Waals surface area contributed by atoms with Crippen LogP contribution in [0.4, 0.5) is 0 Å². The Balaban J connectivity index is 0.000000347. The van der Waals surface area contributed by atoms with Gasteiger partial charge in [-0.2, -0.15) is 4.80 Å². The Morgan fingerprint density at radius 3 is 1.61 bits per heavy atom. The van der Waals surface area contributed by atoms with Crippen molar-refractivity contribution < 1.29 is 9.59 Å². The monoisotopic (exact) mass is 597 g/mol. The smallest absolute Gasteiger partial charge is 0.162 e. The topological polar surface area (TPSA) is 89.6 Å². The van der Waals surface area contributed by atoms with Gasteiger partial charge in [0, 0.05) is 0 Å². The summed E-state index contributed by atoms with van der Waals surface area (Å²) in [6, 6.07) is 0. The predicted molar refractivity (Wildman–Crippen MR) is 105 cm³/mol. The molecule has 1 aliphatic rings. The maximum absolute atomic E-state index is 10.6. The van der Waals surface area contributed by atoms with E-state index in [2.05, 4.69) is 83.9 Å². The number of aliphatic imine (C=N–C) groups is 2. The minimum absolute atomic E-state index is 0.0201. The molecule has 0 saturated carbocycles. The number of ketones is 2. The Bertz CT molecular complexity index is 582. The summed E-state index contributed by atoms with van der Waals surface area (Å²) in [5, 5.41) is 7.81. The summed E-state index contributed by atoms with van der Waals surface area (Å²) < 4.78 is 2.84. The molecule has 0 aromatic carbocycles. The number of rotatable bonds is 3. The summed E-state index contributed by atoms with van der Waals surface area (Å²) in [7, 11) is 0. The van der Waals surface area contributed by atoms with E-state index in [1.807, 2.05) is 0 Å². The van der Waals surface area contributed by atoms with Crippen LogP contribution in [-0.4, -0.2) is 48.4 Å². The zero-order valence-corrected chi connectivity index (χ0v) is 19.2. The highest BCUT2D eigenvalue weighted by molar-refractivity contribution is 9.25. The lowest BCUT2D eigenvalue weighted by Crippen LogP contribution is -2.09. The highest BCUT2D eigenvalue weighted by Gasteiger charge is 2.05. The van der Waals surface area contributed by atoms with E-state index in [-0.39, 0.29) is 24.0 Å². The molecule has 0 amide bonds. The van der Waals surface area contributed by atoms with Gasteiger partial charge in [0.2, 0.25) is 0 Å². The van der Waals surface area contributed by atoms with E-state index in [9.17, 15) is 9.59 Å². The normalized spacial score (nSPS) is 12.3. The van der Waals surface area contributed by atoms with Gasteiger partial charge in [0.05, 0.1) is 5.88 Å². The Kier molecular flexibility index (Phi) is 12.4. The summed E-state index contributed by atoms with van der Waals surface area (Å²) in [4.78, 5) is 29.4. The standard InChI is InChI=1S/C5H5Br2N3O.C3H2Br2N2.C3H5ClO/c1-3(11)2-10-8-4(6)5(7)9-10;4-2-3(5)7-1-6-2;1-3(5)2-4/h2H2,1H3;1H2;2H2,1H3. The van der Waals surface area contributed by atoms with Gasteiger partial charge in [0.15, 0.2) is 15.0 Å². The van der Waals surface area contributed by atoms with Crippen molar-refractivity contribution in [3.8, 4) is 0 Å². The number of alkyl halides is 1. The molecule has 2 heterocycles. The molecule has 0 unspecified atom stereocenters. The van der Waals surface area contributed by atoms with Crippen LogP contribution in [0.15, 0.2) is 19.2 Å². The molecule has 2 rings (SSSR count). The number of Topliss-reactive ketones (excluding diaryl/α,β-unsaturated/α-hetero) is 2. The molecule has 7 nitrogen and oxygen atoms in total. The van der Waals surface area contributed by atoms with Gasteiger partial charge in [-0.1, -0.05) is 0 Å². The quantitative estimate of drug-likeness (QED) is 0.494. The lowest BCUT2D eigenvalue weighted by atomic mass is 10.5. The second-order valence-corrected chi connectivity index (χ2v) is 7.16. The molecule has 12 heteroatoms. The van der Waals surface area contributed by atoms with Gasteiger partial charge in [-0.05, 0) is 77.6 Å². The Morgan fingerprint density at radius 2 is 1.39 bits per heavy atom. The van der Waals surface area contributed by atoms with Crippen LogP contribution in [-0.2, 0) is 16.1 Å². The molecule has 1 aromatic heterocycles. The molecular formula is C11H12Br4ClN5O2. The van der Waals surface area contributed by atoms with Crippen molar-refractivity contribution in [2.45, 2.75) is 20.4 Å². The lowest BCUT2D eigenvalue weighted by Gasteiger charge is -1.90. The zero-order chi connectivity index (χ0) is 18.0. The van der Waals surface area contributed by atoms with Crippen molar-refractivity contribution in [3.05, 3.63) is 9.21 Å². The summed E-state index contributed by atoms with van der Waals surface area (Å²) in [6.45, 7) is 3.71. The van der Waals surface area contributed by atoms with Gasteiger partial charge in [-0.15, -0.1) is 21.8 Å². The molecule has 0 atom stereocenters. The second kappa shape index (κ2) is 12.4. The molecule has 1 aromatic rings. The molecule has 0 fully saturated rings. The number of hydrogen-bond acceptors (Lipinski definition) is 6. The van der Waals surface area contributed by atoms with E-state index in [0.717, 1.165) is 9.24 Å². The van der Waals surface area contributed by atoms with Crippen molar-refractivity contribution in [2.75, 3.05) is 12.5 Å². The van der Waals surface area contributed by atoms with Crippen LogP contribution in [0.3, 0.4) is 0 Å². The van der Waals surface area contributed by atoms with Crippen molar-refractivity contribution in [1.29, 1.82) is 0 Å². The molecule has 0 spiro atoms. The molecule has 0 bridgehead atoms. The van der Waals surface area contributed by atoms with E-state index in [4.69, 9.17) is 11.6 Å². The third kappa shape index (κ3) is 11.2. The van der Waals surface area contributed by atoms with Crippen molar-refractivity contribution >= 4 is 96.1 Å². The lowest BCUT2D eigenvalue weighted by molar-refractivity contribution is -0.118. The van der Waals surface area contributed by atoms with Crippen LogP contribution < -0.4 is 0 Å². The maximum Gasteiger partial charge on any atom is 0.162 e. The largest absolute Gasteiger partial charge is 0.299 e. The highest BCUT2D eigenvalue weighted by atomic mass is 79.9. The van der Waals surface area contributed by atoms with Crippen LogP contribution in [0.25, 0.3) is 0 Å². The Hall–Kier alpha value is 0.0300. The minimum atomic E-state index is 0.0201. The number of nitrogens with zero attached hydrogens (tertiary/aromatic N) is 5. The van der Waals surface area contributed by atoms with Gasteiger partial charge >= 0.3 is 0 Å². The van der Waals surface area contributed by atoms with Crippen LogP contribution in [0.5, 0.6) is 0 Å². The van der Waals surface area contributed by atoms with Crippen LogP contribution in [0, 0.1) is 0 Å². The molecule has 0 radical (unpaired) electrons. The predicted octanol–water partition coefficient (Wildman–Crippen LogP) is 3.75. The molecule has 1 aliphatic heterocycles. The zero-order valence-electron chi connectivity index (χ0n) is 12.1. The Morgan fingerprint density at radius 1 is 1.00 bits per heavy atom. The molecule has 0 aliphatic carbocycles. The first kappa shape index (κ1) is 23.0. The van der Waals surface area contributed by atoms with Crippen LogP contribution in [0.2, 0.25) is 0 Å². The number of aromatic nitrogens is 3. The Labute approximate surface area is 171 Å². The minimum Gasteiger partial charge on any atom is -0.299 e. The van der Waals surface area contributed by atoms with Crippen molar-refractivity contribution in [2.24, 2.45) is 9.98 Å². The average Bonchev–Trinajstić information content (AvgIpc) is 2.97. The average molecular weight is 601 g/mol. The number of halogens is 5. The fourth-order valence-electron chi connectivity index (χ4n) is 0.867. The van der Waals surface area contributed by atoms with Gasteiger partial charge in [0.25, 0.3) is 0 Å². The van der Waals surface area contributed by atoms with E-state index < -0.39 is 0 Å². The van der Waals surface area contributed by atoms with Gasteiger partial charge in [-0.25, -0.2) is 0 Å². The molecular weight excluding hydrogens is 589 g/mol. The maximum atomic E-state index is 10.6. The number of carbonyl (C=O) groups is 2. The van der Waals surface area contributed by atoms with Crippen LogP contribution in [0.1, 0.15) is 13.8 Å². The SMILES string of the molecule is BrC1=NCN=C1Br.CC(=O)CCl.CC(=O)Cn1nc(Br)c(Br)n1. The number of carbonyl (C=O) groups excluding carboxylic acids is 2. The highest BCUT2D eigenvalue weighted by Crippen LogP contribution is 2.16. The van der Waals surface area contributed by atoms with E-state index >= 15 is 0 Å². The van der Waals surface area contributed by atoms with Gasteiger partial charge < -0.3 is 0 Å². The second-order valence-electron chi connectivity index (χ2n) is 3.89. The molecule has 0 N–H and O–H groups in total. The van der Waals surface area contributed by atoms with Crippen molar-refractivity contribution in [1.82, 2.24) is 15.0 Å². The third-order valence-corrected chi connectivity index (χ3v) is 5.48. The van der Waals surface area contributed by atoms with Crippen LogP contribution >= 0.6 is 75.3 Å². The van der Waals surface area contributed by atoms with E-state index in [1.54, 1.807) is 0 Å². The first-order chi connectivity index (χ1) is 10.7. The van der Waals surface area contributed by atoms with E-state index in [1.165, 1.54) is 18.6 Å². The first-order valence-corrected chi connectivity index (χ1v) is 9.59. The summed E-state index contributed by atoms with van der Waals surface area (Å²) in [6.07, 6.45) is 0. The van der Waals surface area contributed by atoms with Crippen molar-refractivity contribution in [3.63, 3.8) is 0 Å². The summed E-state index contributed by atoms with van der Waals surface area (Å²) in [5.74, 6) is 0.187. The molecule has 23 heavy (non-hydrogen) atoms. The summed E-state index contributed by atoms with van der Waals surface area (Å²) >= 11 is 17.6. The first-order valence-electron chi connectivity index (χ1n) is 5.88. The number of hydrogen-bond donors (Lipinski definition) is 0. The summed E-state index contributed by atoms with van der Waals surface area (Å²) in [5.41, 5.74) is 0.